The number of methoxy groups -OCH3 is 1. The number of hydrogen-bond donors (Lipinski definition) is 4. The standard InChI is InChI=1S/C8H16O6/c1-8(13,6(11)4-10)7(12)5(3-9)14-2/h3,5-7,10-13H,4H2,1-2H3/t5-,6-,7-,8-/m1/s1. The Labute approximate surface area is 81.7 Å². The van der Waals surface area contributed by atoms with Gasteiger partial charge < -0.3 is 30.0 Å². The quantitative estimate of drug-likeness (QED) is 0.365. The van der Waals surface area contributed by atoms with Crippen LogP contribution in [0.4, 0.5) is 0 Å². The van der Waals surface area contributed by atoms with Gasteiger partial charge >= 0.3 is 0 Å². The van der Waals surface area contributed by atoms with Crippen LogP contribution in [-0.4, -0.2) is 64.3 Å². The minimum absolute atomic E-state index is 0.309. The Kier molecular flexibility index (Phi) is 5.17. The van der Waals surface area contributed by atoms with Crippen molar-refractivity contribution < 1.29 is 30.0 Å². The Bertz CT molecular complexity index is 181. The second-order valence-corrected chi connectivity index (χ2v) is 3.21. The van der Waals surface area contributed by atoms with Crippen LogP contribution in [0.3, 0.4) is 0 Å². The zero-order chi connectivity index (χ0) is 11.4. The molecule has 0 fully saturated rings. The average molecular weight is 208 g/mol. The molecular weight excluding hydrogens is 192 g/mol. The monoisotopic (exact) mass is 208 g/mol. The van der Waals surface area contributed by atoms with Crippen LogP contribution >= 0.6 is 0 Å². The van der Waals surface area contributed by atoms with Gasteiger partial charge in [0, 0.05) is 7.11 Å². The van der Waals surface area contributed by atoms with Gasteiger partial charge in [-0.15, -0.1) is 0 Å². The zero-order valence-corrected chi connectivity index (χ0v) is 8.12. The highest BCUT2D eigenvalue weighted by Gasteiger charge is 2.42. The number of aliphatic hydroxyl groups is 4. The molecular formula is C8H16O6. The van der Waals surface area contributed by atoms with Crippen molar-refractivity contribution in [2.24, 2.45) is 0 Å². The van der Waals surface area contributed by atoms with Gasteiger partial charge in [0.15, 0.2) is 6.29 Å². The third-order valence-electron chi connectivity index (χ3n) is 2.16. The molecule has 4 atom stereocenters. The van der Waals surface area contributed by atoms with E-state index in [-0.39, 0.29) is 0 Å². The maximum Gasteiger partial charge on any atom is 0.151 e. The molecule has 0 saturated carbocycles. The summed E-state index contributed by atoms with van der Waals surface area (Å²) in [4.78, 5) is 10.4. The molecule has 0 rings (SSSR count). The Balaban J connectivity index is 4.62. The molecule has 0 aromatic heterocycles. The highest BCUT2D eigenvalue weighted by atomic mass is 16.5. The largest absolute Gasteiger partial charge is 0.394 e. The molecule has 0 unspecified atom stereocenters. The molecule has 6 heteroatoms. The normalized spacial score (nSPS) is 22.1. The van der Waals surface area contributed by atoms with E-state index >= 15 is 0 Å². The lowest BCUT2D eigenvalue weighted by atomic mass is 9.89. The first kappa shape index (κ1) is 13.5. The molecule has 14 heavy (non-hydrogen) atoms. The van der Waals surface area contributed by atoms with E-state index in [1.54, 1.807) is 0 Å². The summed E-state index contributed by atoms with van der Waals surface area (Å²) in [6.45, 7) is 0.382. The number of carbonyl (C=O) groups excluding carboxylic acids is 1. The fraction of sp³-hybridized carbons (Fsp3) is 0.875. The van der Waals surface area contributed by atoms with Crippen LogP contribution in [-0.2, 0) is 9.53 Å². The van der Waals surface area contributed by atoms with Crippen LogP contribution in [0.5, 0.6) is 0 Å². The molecule has 0 aliphatic rings. The van der Waals surface area contributed by atoms with E-state index in [0.29, 0.717) is 6.29 Å². The minimum Gasteiger partial charge on any atom is -0.394 e. The molecule has 0 radical (unpaired) electrons. The SMILES string of the molecule is CO[C@H](C=O)[C@@H](O)[C@](C)(O)[C@H](O)CO. The topological polar surface area (TPSA) is 107 Å². The number of carbonyl (C=O) groups is 1. The molecule has 84 valence electrons. The number of rotatable bonds is 6. The molecule has 0 aliphatic heterocycles. The van der Waals surface area contributed by atoms with Crippen molar-refractivity contribution in [2.75, 3.05) is 13.7 Å². The van der Waals surface area contributed by atoms with E-state index in [2.05, 4.69) is 4.74 Å². The molecule has 0 heterocycles. The summed E-state index contributed by atoms with van der Waals surface area (Å²) >= 11 is 0. The van der Waals surface area contributed by atoms with Crippen molar-refractivity contribution in [3.8, 4) is 0 Å². The van der Waals surface area contributed by atoms with Gasteiger partial charge in [-0.25, -0.2) is 0 Å². The minimum atomic E-state index is -2.00. The second kappa shape index (κ2) is 5.38. The summed E-state index contributed by atoms with van der Waals surface area (Å²) in [6.07, 6.45) is -4.09. The van der Waals surface area contributed by atoms with Crippen LogP contribution in [0.25, 0.3) is 0 Å². The van der Waals surface area contributed by atoms with E-state index in [1.807, 2.05) is 0 Å². The van der Waals surface area contributed by atoms with E-state index in [0.717, 1.165) is 6.92 Å². The predicted octanol–water partition coefficient (Wildman–Crippen LogP) is -2.33. The summed E-state index contributed by atoms with van der Waals surface area (Å²) in [5.74, 6) is 0. The van der Waals surface area contributed by atoms with Crippen LogP contribution in [0, 0.1) is 0 Å². The van der Waals surface area contributed by atoms with E-state index in [1.165, 1.54) is 7.11 Å². The smallest absolute Gasteiger partial charge is 0.151 e. The Morgan fingerprint density at radius 1 is 1.50 bits per heavy atom. The first-order chi connectivity index (χ1) is 6.41. The molecule has 0 aliphatic carbocycles. The number of aldehydes is 1. The first-order valence-electron chi connectivity index (χ1n) is 4.09. The summed E-state index contributed by atoms with van der Waals surface area (Å²) in [5.41, 5.74) is -2.00. The van der Waals surface area contributed by atoms with E-state index in [4.69, 9.17) is 10.2 Å². The van der Waals surface area contributed by atoms with Gasteiger partial charge in [-0.2, -0.15) is 0 Å². The third kappa shape index (κ3) is 2.73. The molecule has 0 saturated heterocycles. The lowest BCUT2D eigenvalue weighted by Gasteiger charge is -2.34. The number of ether oxygens (including phenoxy) is 1. The van der Waals surface area contributed by atoms with Crippen molar-refractivity contribution in [3.63, 3.8) is 0 Å². The lowest BCUT2D eigenvalue weighted by molar-refractivity contribution is -0.179. The molecule has 0 spiro atoms. The zero-order valence-electron chi connectivity index (χ0n) is 8.12. The third-order valence-corrected chi connectivity index (χ3v) is 2.16. The van der Waals surface area contributed by atoms with E-state index < -0.39 is 30.5 Å². The summed E-state index contributed by atoms with van der Waals surface area (Å²) in [6, 6.07) is 0. The van der Waals surface area contributed by atoms with Crippen LogP contribution in [0.15, 0.2) is 0 Å². The number of hydrogen-bond acceptors (Lipinski definition) is 6. The Morgan fingerprint density at radius 3 is 2.29 bits per heavy atom. The molecule has 0 aromatic rings. The van der Waals surface area contributed by atoms with Crippen molar-refractivity contribution in [3.05, 3.63) is 0 Å². The molecule has 0 aromatic carbocycles. The van der Waals surface area contributed by atoms with Gasteiger partial charge in [0.25, 0.3) is 0 Å². The van der Waals surface area contributed by atoms with Crippen molar-refractivity contribution in [2.45, 2.75) is 30.8 Å². The first-order valence-corrected chi connectivity index (χ1v) is 4.09. The van der Waals surface area contributed by atoms with Gasteiger partial charge in [-0.3, -0.25) is 0 Å². The van der Waals surface area contributed by atoms with Crippen molar-refractivity contribution in [1.29, 1.82) is 0 Å². The predicted molar refractivity (Wildman–Crippen MR) is 46.6 cm³/mol. The Hall–Kier alpha value is -0.530. The van der Waals surface area contributed by atoms with Crippen LogP contribution in [0.1, 0.15) is 6.92 Å². The van der Waals surface area contributed by atoms with Crippen molar-refractivity contribution in [1.82, 2.24) is 0 Å². The van der Waals surface area contributed by atoms with Crippen LogP contribution < -0.4 is 0 Å². The molecule has 0 bridgehead atoms. The van der Waals surface area contributed by atoms with Gasteiger partial charge in [-0.05, 0) is 6.92 Å². The molecule has 0 amide bonds. The number of aliphatic hydroxyl groups excluding tert-OH is 3. The van der Waals surface area contributed by atoms with Gasteiger partial charge in [-0.1, -0.05) is 0 Å². The fourth-order valence-corrected chi connectivity index (χ4v) is 0.973. The second-order valence-electron chi connectivity index (χ2n) is 3.21. The van der Waals surface area contributed by atoms with Gasteiger partial charge in [0.05, 0.1) is 6.61 Å². The maximum absolute atomic E-state index is 10.4. The lowest BCUT2D eigenvalue weighted by Crippen LogP contribution is -2.56. The molecule has 6 nitrogen and oxygen atoms in total. The highest BCUT2D eigenvalue weighted by Crippen LogP contribution is 2.18. The molecule has 4 N–H and O–H groups in total. The summed E-state index contributed by atoms with van der Waals surface area (Å²) in [5, 5.41) is 36.8. The van der Waals surface area contributed by atoms with E-state index in [9.17, 15) is 15.0 Å². The fourth-order valence-electron chi connectivity index (χ4n) is 0.973. The van der Waals surface area contributed by atoms with Crippen molar-refractivity contribution >= 4 is 6.29 Å². The highest BCUT2D eigenvalue weighted by molar-refractivity contribution is 5.57. The maximum atomic E-state index is 10.4. The van der Waals surface area contributed by atoms with Gasteiger partial charge in [0.2, 0.25) is 0 Å². The Morgan fingerprint density at radius 2 is 2.00 bits per heavy atom. The summed E-state index contributed by atoms with van der Waals surface area (Å²) in [7, 11) is 1.18. The van der Waals surface area contributed by atoms with Gasteiger partial charge in [0.1, 0.15) is 23.9 Å². The average Bonchev–Trinajstić information content (AvgIpc) is 2.18. The van der Waals surface area contributed by atoms with Crippen LogP contribution in [0.2, 0.25) is 0 Å². The summed E-state index contributed by atoms with van der Waals surface area (Å²) < 4.78 is 4.57.